The lowest BCUT2D eigenvalue weighted by atomic mass is 9.94. The topological polar surface area (TPSA) is 64.9 Å². The molecule has 4 N–H and O–H groups in total. The highest BCUT2D eigenvalue weighted by Crippen LogP contribution is 2.28. The Morgan fingerprint density at radius 2 is 1.61 bits per heavy atom. The Kier molecular flexibility index (Phi) is 9.40. The van der Waals surface area contributed by atoms with Crippen molar-refractivity contribution in [2.75, 3.05) is 0 Å². The van der Waals surface area contributed by atoms with Gasteiger partial charge in [-0.2, -0.15) is 0 Å². The first-order valence-electron chi connectivity index (χ1n) is 7.54. The van der Waals surface area contributed by atoms with Crippen LogP contribution < -0.4 is 11.5 Å². The molecule has 0 aliphatic heterocycles. The Labute approximate surface area is 151 Å². The van der Waals surface area contributed by atoms with Crippen LogP contribution in [0.15, 0.2) is 30.3 Å². The summed E-state index contributed by atoms with van der Waals surface area (Å²) < 4.78 is 0. The van der Waals surface area contributed by atoms with Gasteiger partial charge in [0.15, 0.2) is 0 Å². The van der Waals surface area contributed by atoms with E-state index in [4.69, 9.17) is 16.5 Å². The van der Waals surface area contributed by atoms with Crippen LogP contribution in [0.25, 0.3) is 11.1 Å². The van der Waals surface area contributed by atoms with Gasteiger partial charge in [0, 0.05) is 24.5 Å². The molecule has 1 aromatic heterocycles. The number of aryl methyl sites for hydroxylation is 1. The minimum Gasteiger partial charge on any atom is -0.326 e. The first-order valence-corrected chi connectivity index (χ1v) is 7.54. The van der Waals surface area contributed by atoms with Crippen molar-refractivity contribution in [2.45, 2.75) is 40.3 Å². The van der Waals surface area contributed by atoms with Gasteiger partial charge in [-0.15, -0.1) is 24.8 Å². The SMILES string of the molecule is Cc1cc(-c2ccc(CN)cc2)c(CN)c(CC(C)C)n1.Cl.Cl. The van der Waals surface area contributed by atoms with Gasteiger partial charge in [-0.05, 0) is 47.6 Å². The minimum absolute atomic E-state index is 0. The van der Waals surface area contributed by atoms with Gasteiger partial charge >= 0.3 is 0 Å². The zero-order valence-electron chi connectivity index (χ0n) is 14.0. The van der Waals surface area contributed by atoms with Crippen LogP contribution in [0.4, 0.5) is 0 Å². The maximum Gasteiger partial charge on any atom is 0.0460 e. The van der Waals surface area contributed by atoms with Crippen molar-refractivity contribution in [1.29, 1.82) is 0 Å². The van der Waals surface area contributed by atoms with E-state index in [1.165, 1.54) is 11.1 Å². The van der Waals surface area contributed by atoms with Crippen molar-refractivity contribution in [1.82, 2.24) is 4.98 Å². The number of aromatic nitrogens is 1. The fraction of sp³-hybridized carbons (Fsp3) is 0.389. The summed E-state index contributed by atoms with van der Waals surface area (Å²) in [6.45, 7) is 7.54. The van der Waals surface area contributed by atoms with Crippen LogP contribution >= 0.6 is 24.8 Å². The highest BCUT2D eigenvalue weighted by atomic mass is 35.5. The van der Waals surface area contributed by atoms with Gasteiger partial charge in [-0.25, -0.2) is 0 Å². The second-order valence-corrected chi connectivity index (χ2v) is 5.94. The molecule has 0 spiro atoms. The van der Waals surface area contributed by atoms with E-state index in [0.717, 1.165) is 28.9 Å². The lowest BCUT2D eigenvalue weighted by molar-refractivity contribution is 0.628. The molecule has 0 amide bonds. The summed E-state index contributed by atoms with van der Waals surface area (Å²) in [6, 6.07) is 10.5. The van der Waals surface area contributed by atoms with Crippen LogP contribution in [0.3, 0.4) is 0 Å². The third-order valence-electron chi connectivity index (χ3n) is 3.64. The van der Waals surface area contributed by atoms with Crippen LogP contribution in [0.1, 0.15) is 36.4 Å². The molecule has 3 nitrogen and oxygen atoms in total. The summed E-state index contributed by atoms with van der Waals surface area (Å²) in [4.78, 5) is 4.70. The Hall–Kier alpha value is -1.13. The first kappa shape index (κ1) is 21.9. The predicted molar refractivity (Wildman–Crippen MR) is 103 cm³/mol. The van der Waals surface area contributed by atoms with E-state index < -0.39 is 0 Å². The zero-order chi connectivity index (χ0) is 15.4. The van der Waals surface area contributed by atoms with E-state index in [9.17, 15) is 0 Å². The molecule has 1 heterocycles. The average Bonchev–Trinajstić information content (AvgIpc) is 2.46. The average molecular weight is 356 g/mol. The standard InChI is InChI=1S/C18H25N3.2ClH/c1-12(2)8-18-17(11-20)16(9-13(3)21-18)15-6-4-14(10-19)5-7-15;;/h4-7,9,12H,8,10-11,19-20H2,1-3H3;2*1H. The van der Waals surface area contributed by atoms with Crippen molar-refractivity contribution in [3.8, 4) is 11.1 Å². The maximum absolute atomic E-state index is 6.01. The molecule has 0 aliphatic rings. The molecule has 0 saturated carbocycles. The third kappa shape index (κ3) is 5.47. The Bertz CT molecular complexity index is 610. The molecule has 128 valence electrons. The molecule has 0 unspecified atom stereocenters. The van der Waals surface area contributed by atoms with Crippen LogP contribution in [0.5, 0.6) is 0 Å². The second-order valence-electron chi connectivity index (χ2n) is 5.94. The molecule has 2 rings (SSSR count). The van der Waals surface area contributed by atoms with Crippen LogP contribution in [0, 0.1) is 12.8 Å². The Balaban J connectivity index is 0.00000242. The van der Waals surface area contributed by atoms with Gasteiger partial charge in [0.05, 0.1) is 0 Å². The van der Waals surface area contributed by atoms with Gasteiger partial charge < -0.3 is 11.5 Å². The van der Waals surface area contributed by atoms with Gasteiger partial charge in [-0.1, -0.05) is 38.1 Å². The summed E-state index contributed by atoms with van der Waals surface area (Å²) >= 11 is 0. The molecule has 0 atom stereocenters. The van der Waals surface area contributed by atoms with E-state index in [-0.39, 0.29) is 24.8 Å². The normalized spacial score (nSPS) is 10.2. The lowest BCUT2D eigenvalue weighted by Crippen LogP contribution is -2.10. The largest absolute Gasteiger partial charge is 0.326 e. The van der Waals surface area contributed by atoms with Crippen LogP contribution in [-0.4, -0.2) is 4.98 Å². The summed E-state index contributed by atoms with van der Waals surface area (Å²) in [5.74, 6) is 0.567. The molecular formula is C18H27Cl2N3. The van der Waals surface area contributed by atoms with E-state index in [0.29, 0.717) is 19.0 Å². The van der Waals surface area contributed by atoms with Gasteiger partial charge in [-0.3, -0.25) is 4.98 Å². The minimum atomic E-state index is 0. The summed E-state index contributed by atoms with van der Waals surface area (Å²) in [6.07, 6.45) is 0.960. The van der Waals surface area contributed by atoms with E-state index >= 15 is 0 Å². The van der Waals surface area contributed by atoms with Crippen molar-refractivity contribution in [2.24, 2.45) is 17.4 Å². The third-order valence-corrected chi connectivity index (χ3v) is 3.64. The summed E-state index contributed by atoms with van der Waals surface area (Å²) in [5.41, 5.74) is 18.5. The number of benzene rings is 1. The quantitative estimate of drug-likeness (QED) is 0.851. The fourth-order valence-corrected chi connectivity index (χ4v) is 2.63. The maximum atomic E-state index is 6.01. The predicted octanol–water partition coefficient (Wildman–Crippen LogP) is 4.02. The lowest BCUT2D eigenvalue weighted by Gasteiger charge is -2.16. The molecule has 23 heavy (non-hydrogen) atoms. The molecule has 0 bridgehead atoms. The van der Waals surface area contributed by atoms with E-state index in [1.54, 1.807) is 0 Å². The van der Waals surface area contributed by atoms with Crippen LogP contribution in [-0.2, 0) is 19.5 Å². The molecule has 5 heteroatoms. The molecule has 0 radical (unpaired) electrons. The highest BCUT2D eigenvalue weighted by Gasteiger charge is 2.13. The molecule has 0 saturated heterocycles. The molecular weight excluding hydrogens is 329 g/mol. The summed E-state index contributed by atoms with van der Waals surface area (Å²) in [7, 11) is 0. The Morgan fingerprint density at radius 3 is 2.09 bits per heavy atom. The number of pyridine rings is 1. The number of hydrogen-bond donors (Lipinski definition) is 2. The highest BCUT2D eigenvalue weighted by molar-refractivity contribution is 5.85. The molecule has 1 aromatic carbocycles. The number of hydrogen-bond acceptors (Lipinski definition) is 3. The van der Waals surface area contributed by atoms with Crippen molar-refractivity contribution in [3.63, 3.8) is 0 Å². The van der Waals surface area contributed by atoms with E-state index in [2.05, 4.69) is 44.2 Å². The van der Waals surface area contributed by atoms with Crippen molar-refractivity contribution in [3.05, 3.63) is 52.8 Å². The smallest absolute Gasteiger partial charge is 0.0460 e. The monoisotopic (exact) mass is 355 g/mol. The van der Waals surface area contributed by atoms with E-state index in [1.807, 2.05) is 6.92 Å². The molecule has 2 aromatic rings. The van der Waals surface area contributed by atoms with Crippen LogP contribution in [0.2, 0.25) is 0 Å². The number of rotatable bonds is 5. The number of halogens is 2. The second kappa shape index (κ2) is 9.89. The fourth-order valence-electron chi connectivity index (χ4n) is 2.63. The molecule has 0 aliphatic carbocycles. The number of nitrogens with zero attached hydrogens (tertiary/aromatic N) is 1. The molecule has 0 fully saturated rings. The van der Waals surface area contributed by atoms with Gasteiger partial charge in [0.2, 0.25) is 0 Å². The van der Waals surface area contributed by atoms with Crippen molar-refractivity contribution < 1.29 is 0 Å². The van der Waals surface area contributed by atoms with Gasteiger partial charge in [0.25, 0.3) is 0 Å². The van der Waals surface area contributed by atoms with Gasteiger partial charge in [0.1, 0.15) is 0 Å². The zero-order valence-corrected chi connectivity index (χ0v) is 15.6. The Morgan fingerprint density at radius 1 is 1.00 bits per heavy atom. The summed E-state index contributed by atoms with van der Waals surface area (Å²) in [5, 5.41) is 0. The number of nitrogens with two attached hydrogens (primary N) is 2. The van der Waals surface area contributed by atoms with Crippen molar-refractivity contribution >= 4 is 24.8 Å². The first-order chi connectivity index (χ1) is 10.0.